The Kier molecular flexibility index (Phi) is 2.18. The molecule has 2 aromatic rings. The van der Waals surface area contributed by atoms with Crippen molar-refractivity contribution >= 4 is 0 Å². The van der Waals surface area contributed by atoms with Crippen LogP contribution in [0.1, 0.15) is 5.82 Å². The van der Waals surface area contributed by atoms with Crippen LogP contribution in [0.2, 0.25) is 0 Å². The average Bonchev–Trinajstić information content (AvgIpc) is 2.69. The molecule has 2 aromatic heterocycles. The third kappa shape index (κ3) is 2.02. The third-order valence-electron chi connectivity index (χ3n) is 1.45. The maximum atomic E-state index is 5.29. The van der Waals surface area contributed by atoms with E-state index in [0.717, 1.165) is 0 Å². The molecule has 0 aliphatic heterocycles. The van der Waals surface area contributed by atoms with Crippen molar-refractivity contribution in [2.24, 2.45) is 0 Å². The van der Waals surface area contributed by atoms with Gasteiger partial charge in [-0.05, 0) is 6.07 Å². The van der Waals surface area contributed by atoms with E-state index >= 15 is 0 Å². The number of imidazole rings is 1. The summed E-state index contributed by atoms with van der Waals surface area (Å²) in [6, 6.07) is 1.76. The highest BCUT2D eigenvalue weighted by atomic mass is 16.5. The molecule has 5 heteroatoms. The first kappa shape index (κ1) is 7.72. The van der Waals surface area contributed by atoms with E-state index in [9.17, 15) is 0 Å². The molecule has 2 heterocycles. The zero-order valence-electron chi connectivity index (χ0n) is 6.84. The van der Waals surface area contributed by atoms with Gasteiger partial charge in [-0.3, -0.25) is 0 Å². The molecule has 0 fully saturated rings. The van der Waals surface area contributed by atoms with E-state index in [0.29, 0.717) is 18.3 Å². The summed E-state index contributed by atoms with van der Waals surface area (Å²) in [7, 11) is 0. The van der Waals surface area contributed by atoms with Crippen molar-refractivity contribution in [1.29, 1.82) is 0 Å². The number of ether oxygens (including phenoxy) is 1. The molecule has 0 spiro atoms. The van der Waals surface area contributed by atoms with Gasteiger partial charge in [0.25, 0.3) is 0 Å². The summed E-state index contributed by atoms with van der Waals surface area (Å²) in [5, 5.41) is 0. The van der Waals surface area contributed by atoms with Crippen LogP contribution < -0.4 is 4.74 Å². The standard InChI is InChI=1S/C8H8N4O/c1-2-10-7(11-3-1)5-13-8-4-9-6-12-8/h1-4,6H,5H2,(H,9,12). The van der Waals surface area contributed by atoms with Crippen molar-refractivity contribution in [1.82, 2.24) is 19.9 Å². The highest BCUT2D eigenvalue weighted by Crippen LogP contribution is 2.03. The van der Waals surface area contributed by atoms with Crippen LogP contribution in [0.5, 0.6) is 5.88 Å². The van der Waals surface area contributed by atoms with Gasteiger partial charge >= 0.3 is 0 Å². The highest BCUT2D eigenvalue weighted by Gasteiger charge is 1.96. The molecule has 13 heavy (non-hydrogen) atoms. The zero-order valence-corrected chi connectivity index (χ0v) is 6.84. The Balaban J connectivity index is 1.94. The lowest BCUT2D eigenvalue weighted by atomic mass is 10.6. The van der Waals surface area contributed by atoms with Crippen LogP contribution >= 0.6 is 0 Å². The molecule has 0 atom stereocenters. The van der Waals surface area contributed by atoms with Gasteiger partial charge in [0, 0.05) is 12.4 Å². The van der Waals surface area contributed by atoms with Crippen LogP contribution in [-0.2, 0) is 6.61 Å². The Bertz CT molecular complexity index is 346. The number of nitrogens with one attached hydrogen (secondary N) is 1. The second kappa shape index (κ2) is 3.66. The predicted octanol–water partition coefficient (Wildman–Crippen LogP) is 0.779. The number of aromatic nitrogens is 4. The molecule has 0 aliphatic rings. The lowest BCUT2D eigenvalue weighted by Gasteiger charge is -2.00. The molecule has 0 aliphatic carbocycles. The second-order valence-electron chi connectivity index (χ2n) is 2.37. The molecule has 0 bridgehead atoms. The van der Waals surface area contributed by atoms with E-state index in [1.165, 1.54) is 0 Å². The van der Waals surface area contributed by atoms with Crippen molar-refractivity contribution in [2.75, 3.05) is 0 Å². The number of hydrogen-bond donors (Lipinski definition) is 1. The van der Waals surface area contributed by atoms with Gasteiger partial charge in [-0.25, -0.2) is 15.0 Å². The van der Waals surface area contributed by atoms with Crippen molar-refractivity contribution in [3.05, 3.63) is 36.8 Å². The maximum Gasteiger partial charge on any atom is 0.211 e. The number of aromatic amines is 1. The Labute approximate surface area is 74.8 Å². The molecular formula is C8H8N4O. The van der Waals surface area contributed by atoms with Crippen LogP contribution in [0.3, 0.4) is 0 Å². The minimum absolute atomic E-state index is 0.350. The smallest absolute Gasteiger partial charge is 0.211 e. The van der Waals surface area contributed by atoms with E-state index < -0.39 is 0 Å². The quantitative estimate of drug-likeness (QED) is 0.750. The Morgan fingerprint density at radius 3 is 2.85 bits per heavy atom. The predicted molar refractivity (Wildman–Crippen MR) is 45.0 cm³/mol. The molecule has 5 nitrogen and oxygen atoms in total. The number of rotatable bonds is 3. The van der Waals surface area contributed by atoms with E-state index in [1.807, 2.05) is 0 Å². The number of nitrogens with zero attached hydrogens (tertiary/aromatic N) is 3. The van der Waals surface area contributed by atoms with Gasteiger partial charge in [0.05, 0.1) is 12.5 Å². The first-order valence-corrected chi connectivity index (χ1v) is 3.82. The van der Waals surface area contributed by atoms with Crippen molar-refractivity contribution in [3.8, 4) is 5.88 Å². The van der Waals surface area contributed by atoms with Crippen molar-refractivity contribution in [2.45, 2.75) is 6.61 Å². The van der Waals surface area contributed by atoms with E-state index in [2.05, 4.69) is 19.9 Å². The third-order valence-corrected chi connectivity index (χ3v) is 1.45. The zero-order chi connectivity index (χ0) is 8.93. The summed E-state index contributed by atoms with van der Waals surface area (Å²) in [6.45, 7) is 0.350. The SMILES string of the molecule is c1cnc(COc2cnc[nH]2)nc1. The molecule has 0 aromatic carbocycles. The average molecular weight is 176 g/mol. The fraction of sp³-hybridized carbons (Fsp3) is 0.125. The highest BCUT2D eigenvalue weighted by molar-refractivity contribution is 5.01. The van der Waals surface area contributed by atoms with Crippen LogP contribution in [0.15, 0.2) is 31.0 Å². The topological polar surface area (TPSA) is 63.7 Å². The van der Waals surface area contributed by atoms with E-state index in [1.54, 1.807) is 31.0 Å². The maximum absolute atomic E-state index is 5.29. The van der Waals surface area contributed by atoms with Gasteiger partial charge in [-0.2, -0.15) is 0 Å². The van der Waals surface area contributed by atoms with Gasteiger partial charge < -0.3 is 9.72 Å². The molecule has 2 rings (SSSR count). The molecule has 0 amide bonds. The van der Waals surface area contributed by atoms with Crippen molar-refractivity contribution in [3.63, 3.8) is 0 Å². The van der Waals surface area contributed by atoms with Crippen LogP contribution in [-0.4, -0.2) is 19.9 Å². The summed E-state index contributed by atoms with van der Waals surface area (Å²) in [6.07, 6.45) is 6.52. The molecular weight excluding hydrogens is 168 g/mol. The Morgan fingerprint density at radius 1 is 1.31 bits per heavy atom. The first-order chi connectivity index (χ1) is 6.45. The monoisotopic (exact) mass is 176 g/mol. The van der Waals surface area contributed by atoms with Gasteiger partial charge in [-0.1, -0.05) is 0 Å². The Hall–Kier alpha value is -1.91. The number of H-pyrrole nitrogens is 1. The van der Waals surface area contributed by atoms with E-state index in [-0.39, 0.29) is 0 Å². The summed E-state index contributed by atoms with van der Waals surface area (Å²) in [5.74, 6) is 1.27. The second-order valence-corrected chi connectivity index (χ2v) is 2.37. The lowest BCUT2D eigenvalue weighted by Crippen LogP contribution is -2.00. The largest absolute Gasteiger partial charge is 0.470 e. The first-order valence-electron chi connectivity index (χ1n) is 3.82. The summed E-state index contributed by atoms with van der Waals surface area (Å²) in [5.41, 5.74) is 0. The summed E-state index contributed by atoms with van der Waals surface area (Å²) in [4.78, 5) is 14.6. The number of hydrogen-bond acceptors (Lipinski definition) is 4. The van der Waals surface area contributed by atoms with Gasteiger partial charge in [0.2, 0.25) is 5.88 Å². The van der Waals surface area contributed by atoms with Crippen LogP contribution in [0.4, 0.5) is 0 Å². The fourth-order valence-electron chi connectivity index (χ4n) is 0.869. The lowest BCUT2D eigenvalue weighted by molar-refractivity contribution is 0.285. The fourth-order valence-corrected chi connectivity index (χ4v) is 0.869. The molecule has 0 saturated carbocycles. The summed E-state index contributed by atoms with van der Waals surface area (Å²) >= 11 is 0. The minimum atomic E-state index is 0.350. The van der Waals surface area contributed by atoms with Crippen LogP contribution in [0, 0.1) is 0 Å². The van der Waals surface area contributed by atoms with Gasteiger partial charge in [0.1, 0.15) is 6.61 Å². The minimum Gasteiger partial charge on any atom is -0.470 e. The molecule has 66 valence electrons. The van der Waals surface area contributed by atoms with Crippen LogP contribution in [0.25, 0.3) is 0 Å². The molecule has 1 N–H and O–H groups in total. The van der Waals surface area contributed by atoms with Gasteiger partial charge in [-0.15, -0.1) is 0 Å². The van der Waals surface area contributed by atoms with E-state index in [4.69, 9.17) is 4.74 Å². The normalized spacial score (nSPS) is 9.85. The van der Waals surface area contributed by atoms with Crippen molar-refractivity contribution < 1.29 is 4.74 Å². The molecule has 0 unspecified atom stereocenters. The summed E-state index contributed by atoms with van der Waals surface area (Å²) < 4.78 is 5.29. The Morgan fingerprint density at radius 2 is 2.15 bits per heavy atom. The molecule has 0 saturated heterocycles. The molecule has 0 radical (unpaired) electrons. The van der Waals surface area contributed by atoms with Gasteiger partial charge in [0.15, 0.2) is 5.82 Å².